The number of piperidine rings is 1. The summed E-state index contributed by atoms with van der Waals surface area (Å²) in [5.74, 6) is 1.10. The lowest BCUT2D eigenvalue weighted by Crippen LogP contribution is -2.71. The Balaban J connectivity index is 1.67. The van der Waals surface area contributed by atoms with E-state index in [4.69, 9.17) is 9.47 Å². The lowest BCUT2D eigenvalue weighted by atomic mass is 9.52. The van der Waals surface area contributed by atoms with E-state index in [0.29, 0.717) is 24.5 Å². The second-order valence-electron chi connectivity index (χ2n) is 9.78. The Kier molecular flexibility index (Phi) is 4.30. The second-order valence-corrected chi connectivity index (χ2v) is 9.78. The molecule has 1 spiro atoms. The number of hydrogen-bond acceptors (Lipinski definition) is 4. The van der Waals surface area contributed by atoms with Crippen LogP contribution in [0.2, 0.25) is 0 Å². The molecule has 33 heavy (non-hydrogen) atoms. The van der Waals surface area contributed by atoms with Crippen molar-refractivity contribution in [2.45, 2.75) is 49.9 Å². The van der Waals surface area contributed by atoms with Crippen LogP contribution in [-0.2, 0) is 11.8 Å². The molecule has 1 aliphatic carbocycles. The first kappa shape index (κ1) is 20.8. The molecule has 5 nitrogen and oxygen atoms in total. The molecule has 0 radical (unpaired) electrons. The molecule has 3 aliphatic rings. The number of aromatic nitrogens is 1. The normalized spacial score (nSPS) is 30.2. The summed E-state index contributed by atoms with van der Waals surface area (Å²) in [4.78, 5) is 5.81. The van der Waals surface area contributed by atoms with Gasteiger partial charge in [0.25, 0.3) is 0 Å². The van der Waals surface area contributed by atoms with Crippen LogP contribution >= 0.6 is 0 Å². The lowest BCUT2D eigenvalue weighted by Gasteiger charge is -2.59. The second kappa shape index (κ2) is 6.84. The van der Waals surface area contributed by atoms with Crippen molar-refractivity contribution < 1.29 is 19.0 Å². The van der Waals surface area contributed by atoms with Gasteiger partial charge in [0.2, 0.25) is 0 Å². The maximum Gasteiger partial charge on any atom is 0.166 e. The summed E-state index contributed by atoms with van der Waals surface area (Å²) in [5, 5.41) is 13.6. The molecule has 0 saturated carbocycles. The number of likely N-dealkylation sites (tertiary alicyclic amines) is 1. The van der Waals surface area contributed by atoms with Crippen LogP contribution in [-0.4, -0.2) is 46.8 Å². The lowest BCUT2D eigenvalue weighted by molar-refractivity contribution is -0.160. The van der Waals surface area contributed by atoms with Gasteiger partial charge < -0.3 is 19.6 Å². The fourth-order valence-corrected chi connectivity index (χ4v) is 6.90. The standard InChI is InChI=1S/C27H29FN2O3/c1-5-11-30-12-10-26-22-15(2)6-9-21(32-4)24(22)33-25(26)23-19(14-27(26,31)16(30)3)18-13-17(28)7-8-20(18)29-23/h5-9,13,16,25,29,31H,1,10-12,14H2,2-4H3/t16-,25+,26+,27-/m1/s1. The van der Waals surface area contributed by atoms with Crippen LogP contribution in [0.15, 0.2) is 43.0 Å². The number of nitrogens with one attached hydrogen (secondary N) is 1. The molecule has 0 amide bonds. The highest BCUT2D eigenvalue weighted by molar-refractivity contribution is 5.86. The van der Waals surface area contributed by atoms with E-state index in [1.807, 2.05) is 12.1 Å². The van der Waals surface area contributed by atoms with Crippen molar-refractivity contribution >= 4 is 10.9 Å². The molecular weight excluding hydrogens is 419 g/mol. The van der Waals surface area contributed by atoms with Gasteiger partial charge in [0.1, 0.15) is 5.82 Å². The Morgan fingerprint density at radius 2 is 2.18 bits per heavy atom. The van der Waals surface area contributed by atoms with Gasteiger partial charge >= 0.3 is 0 Å². The number of nitrogens with zero attached hydrogens (tertiary/aromatic N) is 1. The van der Waals surface area contributed by atoms with Crippen molar-refractivity contribution in [2.75, 3.05) is 20.2 Å². The van der Waals surface area contributed by atoms with Crippen LogP contribution < -0.4 is 9.47 Å². The molecule has 3 heterocycles. The van der Waals surface area contributed by atoms with Crippen LogP contribution in [0.5, 0.6) is 11.5 Å². The number of fused-ring (bicyclic) bond motifs is 5. The third kappa shape index (κ3) is 2.43. The summed E-state index contributed by atoms with van der Waals surface area (Å²) < 4.78 is 26.6. The zero-order valence-corrected chi connectivity index (χ0v) is 19.2. The first-order valence-corrected chi connectivity index (χ1v) is 11.6. The van der Waals surface area contributed by atoms with Gasteiger partial charge in [0, 0.05) is 35.5 Å². The number of methoxy groups -OCH3 is 1. The first-order chi connectivity index (χ1) is 15.9. The molecule has 2 N–H and O–H groups in total. The van der Waals surface area contributed by atoms with Crippen LogP contribution in [0.4, 0.5) is 4.39 Å². The monoisotopic (exact) mass is 448 g/mol. The molecule has 6 heteroatoms. The SMILES string of the molecule is C=CCN1CC[C@]23c4c(C)ccc(OC)c4O[C@H]2c2[nH]c4ccc(F)cc4c2C[C@@]3(O)[C@H]1C. The van der Waals surface area contributed by atoms with Gasteiger partial charge in [-0.25, -0.2) is 4.39 Å². The van der Waals surface area contributed by atoms with Crippen molar-refractivity contribution in [1.82, 2.24) is 9.88 Å². The predicted molar refractivity (Wildman–Crippen MR) is 126 cm³/mol. The summed E-state index contributed by atoms with van der Waals surface area (Å²) in [6.45, 7) is 9.61. The van der Waals surface area contributed by atoms with E-state index in [2.05, 4.69) is 36.4 Å². The van der Waals surface area contributed by atoms with Crippen LogP contribution in [0.1, 0.15) is 41.8 Å². The Labute approximate surface area is 192 Å². The first-order valence-electron chi connectivity index (χ1n) is 11.6. The van der Waals surface area contributed by atoms with Gasteiger partial charge in [-0.05, 0) is 62.2 Å². The topological polar surface area (TPSA) is 57.7 Å². The molecule has 0 bridgehead atoms. The molecular formula is C27H29FN2O3. The fourth-order valence-electron chi connectivity index (χ4n) is 6.90. The Morgan fingerprint density at radius 3 is 2.94 bits per heavy atom. The van der Waals surface area contributed by atoms with Gasteiger partial charge in [0.15, 0.2) is 17.6 Å². The minimum atomic E-state index is -1.13. The number of aliphatic hydroxyl groups is 1. The Hall–Kier alpha value is -2.83. The van der Waals surface area contributed by atoms with Gasteiger partial charge in [0.05, 0.1) is 23.8 Å². The van der Waals surface area contributed by atoms with Gasteiger partial charge in [-0.15, -0.1) is 6.58 Å². The van der Waals surface area contributed by atoms with E-state index in [1.54, 1.807) is 19.2 Å². The van der Waals surface area contributed by atoms with Crippen molar-refractivity contribution in [3.8, 4) is 11.5 Å². The predicted octanol–water partition coefficient (Wildman–Crippen LogP) is 4.56. The number of aromatic amines is 1. The number of rotatable bonds is 3. The third-order valence-corrected chi connectivity index (χ3v) is 8.46. The summed E-state index contributed by atoms with van der Waals surface area (Å²) >= 11 is 0. The van der Waals surface area contributed by atoms with E-state index in [-0.39, 0.29) is 11.9 Å². The molecule has 3 aromatic rings. The van der Waals surface area contributed by atoms with E-state index in [0.717, 1.165) is 46.3 Å². The van der Waals surface area contributed by atoms with Crippen molar-refractivity contribution in [2.24, 2.45) is 0 Å². The minimum absolute atomic E-state index is 0.154. The average Bonchev–Trinajstić information content (AvgIpc) is 3.33. The third-order valence-electron chi connectivity index (χ3n) is 8.46. The van der Waals surface area contributed by atoms with Crippen molar-refractivity contribution in [3.05, 3.63) is 71.2 Å². The highest BCUT2D eigenvalue weighted by atomic mass is 19.1. The highest BCUT2D eigenvalue weighted by Gasteiger charge is 2.70. The summed E-state index contributed by atoms with van der Waals surface area (Å²) in [6.07, 6.45) is 2.62. The Morgan fingerprint density at radius 1 is 1.36 bits per heavy atom. The minimum Gasteiger partial charge on any atom is -0.493 e. The number of H-pyrrole nitrogens is 1. The number of aryl methyl sites for hydroxylation is 1. The molecule has 6 rings (SSSR count). The quantitative estimate of drug-likeness (QED) is 0.577. The molecule has 1 saturated heterocycles. The molecule has 0 unspecified atom stereocenters. The molecule has 2 aliphatic heterocycles. The molecule has 1 fully saturated rings. The summed E-state index contributed by atoms with van der Waals surface area (Å²) in [6, 6.07) is 8.62. The van der Waals surface area contributed by atoms with Crippen LogP contribution in [0.25, 0.3) is 10.9 Å². The number of hydrogen-bond donors (Lipinski definition) is 2. The molecule has 2 aromatic carbocycles. The van der Waals surface area contributed by atoms with Crippen LogP contribution in [0, 0.1) is 12.7 Å². The summed E-state index contributed by atoms with van der Waals surface area (Å²) in [7, 11) is 1.65. The summed E-state index contributed by atoms with van der Waals surface area (Å²) in [5.41, 5.74) is 3.07. The maximum absolute atomic E-state index is 14.2. The maximum atomic E-state index is 14.2. The van der Waals surface area contributed by atoms with Gasteiger partial charge in [-0.2, -0.15) is 0 Å². The molecule has 1 aromatic heterocycles. The number of benzene rings is 2. The fraction of sp³-hybridized carbons (Fsp3) is 0.407. The van der Waals surface area contributed by atoms with Crippen molar-refractivity contribution in [1.29, 1.82) is 0 Å². The Bertz CT molecular complexity index is 1300. The number of ether oxygens (including phenoxy) is 2. The highest BCUT2D eigenvalue weighted by Crippen LogP contribution is 2.66. The molecule has 172 valence electrons. The number of halogens is 1. The largest absolute Gasteiger partial charge is 0.493 e. The van der Waals surface area contributed by atoms with Gasteiger partial charge in [-0.3, -0.25) is 4.90 Å². The average molecular weight is 449 g/mol. The zero-order valence-electron chi connectivity index (χ0n) is 19.2. The smallest absolute Gasteiger partial charge is 0.166 e. The van der Waals surface area contributed by atoms with E-state index in [9.17, 15) is 9.50 Å². The van der Waals surface area contributed by atoms with E-state index >= 15 is 0 Å². The van der Waals surface area contributed by atoms with E-state index < -0.39 is 17.1 Å². The van der Waals surface area contributed by atoms with E-state index in [1.165, 1.54) is 6.07 Å². The molecule has 4 atom stereocenters. The van der Waals surface area contributed by atoms with Crippen LogP contribution in [0.3, 0.4) is 0 Å². The van der Waals surface area contributed by atoms with Gasteiger partial charge in [-0.1, -0.05) is 12.1 Å². The van der Waals surface area contributed by atoms with Crippen molar-refractivity contribution in [3.63, 3.8) is 0 Å². The zero-order chi connectivity index (χ0) is 23.1.